The number of nitrogens with zero attached hydrogens (tertiary/aromatic N) is 2. The van der Waals surface area contributed by atoms with Crippen LogP contribution in [0, 0.1) is 6.92 Å². The molecule has 1 amide bonds. The first-order chi connectivity index (χ1) is 14.1. The summed E-state index contributed by atoms with van der Waals surface area (Å²) < 4.78 is 18.9. The molecule has 0 aliphatic carbocycles. The second-order valence-corrected chi connectivity index (χ2v) is 6.88. The predicted molar refractivity (Wildman–Crippen MR) is 109 cm³/mol. The molecule has 1 aromatic heterocycles. The van der Waals surface area contributed by atoms with Gasteiger partial charge in [-0.2, -0.15) is 8.75 Å². The van der Waals surface area contributed by atoms with Crippen molar-refractivity contribution in [2.24, 2.45) is 0 Å². The van der Waals surface area contributed by atoms with E-state index in [9.17, 15) is 9.59 Å². The lowest BCUT2D eigenvalue weighted by Gasteiger charge is -2.17. The van der Waals surface area contributed by atoms with Crippen molar-refractivity contribution in [3.63, 3.8) is 0 Å². The number of esters is 1. The number of ether oxygens (including phenoxy) is 2. The molecule has 8 heteroatoms. The number of rotatable bonds is 8. The number of methoxy groups -OCH3 is 1. The highest BCUT2D eigenvalue weighted by molar-refractivity contribution is 6.99. The van der Waals surface area contributed by atoms with Crippen LogP contribution in [0.4, 0.5) is 0 Å². The minimum Gasteiger partial charge on any atom is -0.487 e. The summed E-state index contributed by atoms with van der Waals surface area (Å²) in [5, 5.41) is 2.75. The molecule has 2 aromatic carbocycles. The maximum Gasteiger partial charge on any atom is 0.328 e. The number of nitrogens with one attached hydrogen (secondary N) is 1. The van der Waals surface area contributed by atoms with Gasteiger partial charge in [0.2, 0.25) is 0 Å². The Hall–Kier alpha value is -3.26. The molecular weight excluding hydrogens is 390 g/mol. The molecule has 1 N–H and O–H groups in total. The van der Waals surface area contributed by atoms with E-state index >= 15 is 0 Å². The molecule has 0 saturated heterocycles. The highest BCUT2D eigenvalue weighted by atomic mass is 32.1. The third-order valence-electron chi connectivity index (χ3n) is 4.29. The van der Waals surface area contributed by atoms with Gasteiger partial charge in [0.1, 0.15) is 24.1 Å². The lowest BCUT2D eigenvalue weighted by Crippen LogP contribution is -2.43. The van der Waals surface area contributed by atoms with Crippen molar-refractivity contribution in [2.45, 2.75) is 26.0 Å². The van der Waals surface area contributed by atoms with Gasteiger partial charge in [-0.15, -0.1) is 0 Å². The van der Waals surface area contributed by atoms with Crippen LogP contribution in [-0.2, 0) is 22.6 Å². The van der Waals surface area contributed by atoms with E-state index in [0.29, 0.717) is 17.7 Å². The Kier molecular flexibility index (Phi) is 6.91. The summed E-state index contributed by atoms with van der Waals surface area (Å²) in [5.41, 5.74) is 2.90. The number of amides is 1. The number of aromatic nitrogens is 2. The van der Waals surface area contributed by atoms with Gasteiger partial charge < -0.3 is 14.8 Å². The number of benzene rings is 2. The van der Waals surface area contributed by atoms with Crippen LogP contribution in [0.15, 0.2) is 54.6 Å². The fourth-order valence-corrected chi connectivity index (χ4v) is 3.24. The number of hydrogen-bond acceptors (Lipinski definition) is 7. The van der Waals surface area contributed by atoms with Crippen LogP contribution in [0.3, 0.4) is 0 Å². The van der Waals surface area contributed by atoms with Crippen molar-refractivity contribution in [3.05, 3.63) is 77.1 Å². The second-order valence-electron chi connectivity index (χ2n) is 6.35. The summed E-state index contributed by atoms with van der Waals surface area (Å²) in [6, 6.07) is 15.4. The van der Waals surface area contributed by atoms with Gasteiger partial charge >= 0.3 is 5.97 Å². The van der Waals surface area contributed by atoms with E-state index < -0.39 is 12.0 Å². The second kappa shape index (κ2) is 9.79. The molecule has 0 radical (unpaired) electrons. The molecule has 0 saturated carbocycles. The normalized spacial score (nSPS) is 11.5. The summed E-state index contributed by atoms with van der Waals surface area (Å²) in [6.45, 7) is 2.14. The van der Waals surface area contributed by atoms with Gasteiger partial charge in [0.05, 0.1) is 24.5 Å². The quantitative estimate of drug-likeness (QED) is 0.573. The molecule has 3 rings (SSSR count). The van der Waals surface area contributed by atoms with Crippen molar-refractivity contribution in [2.75, 3.05) is 7.11 Å². The first-order valence-electron chi connectivity index (χ1n) is 9.00. The SMILES string of the molecule is COC(=O)C(Cc1ccccc1)NC(=O)c1cccc(OCc2nsnc2C)c1. The molecular formula is C21H21N3O4S. The summed E-state index contributed by atoms with van der Waals surface area (Å²) in [6.07, 6.45) is 0.339. The third-order valence-corrected chi connectivity index (χ3v) is 4.95. The zero-order valence-corrected chi connectivity index (χ0v) is 16.9. The number of aryl methyl sites for hydroxylation is 1. The summed E-state index contributed by atoms with van der Waals surface area (Å²) in [5.74, 6) is -0.350. The van der Waals surface area contributed by atoms with Gasteiger partial charge in [0.15, 0.2) is 0 Å². The Morgan fingerprint density at radius 1 is 1.10 bits per heavy atom. The highest BCUT2D eigenvalue weighted by Gasteiger charge is 2.22. The van der Waals surface area contributed by atoms with E-state index in [2.05, 4.69) is 14.1 Å². The van der Waals surface area contributed by atoms with Crippen LogP contribution in [0.2, 0.25) is 0 Å². The molecule has 3 aromatic rings. The van der Waals surface area contributed by atoms with E-state index in [-0.39, 0.29) is 12.5 Å². The Morgan fingerprint density at radius 2 is 1.90 bits per heavy atom. The van der Waals surface area contributed by atoms with Crippen molar-refractivity contribution < 1.29 is 19.1 Å². The maximum absolute atomic E-state index is 12.7. The molecule has 1 unspecified atom stereocenters. The van der Waals surface area contributed by atoms with Crippen molar-refractivity contribution in [1.82, 2.24) is 14.1 Å². The van der Waals surface area contributed by atoms with Gasteiger partial charge in [0, 0.05) is 12.0 Å². The lowest BCUT2D eigenvalue weighted by atomic mass is 10.1. The van der Waals surface area contributed by atoms with Crippen LogP contribution in [-0.4, -0.2) is 33.8 Å². The van der Waals surface area contributed by atoms with Gasteiger partial charge in [0.25, 0.3) is 5.91 Å². The fourth-order valence-electron chi connectivity index (χ4n) is 2.69. The third kappa shape index (κ3) is 5.61. The van der Waals surface area contributed by atoms with E-state index in [0.717, 1.165) is 28.7 Å². The van der Waals surface area contributed by atoms with Crippen LogP contribution < -0.4 is 10.1 Å². The average molecular weight is 411 g/mol. The first kappa shape index (κ1) is 20.5. The first-order valence-corrected chi connectivity index (χ1v) is 9.73. The van der Waals surface area contributed by atoms with E-state index in [4.69, 9.17) is 9.47 Å². The Labute approximate surface area is 173 Å². The maximum atomic E-state index is 12.7. The molecule has 0 bridgehead atoms. The smallest absolute Gasteiger partial charge is 0.328 e. The number of hydrogen-bond donors (Lipinski definition) is 1. The van der Waals surface area contributed by atoms with E-state index in [1.807, 2.05) is 37.3 Å². The molecule has 29 heavy (non-hydrogen) atoms. The molecule has 150 valence electrons. The Balaban J connectivity index is 1.67. The summed E-state index contributed by atoms with van der Waals surface area (Å²) >= 11 is 1.13. The Morgan fingerprint density at radius 3 is 2.59 bits per heavy atom. The zero-order chi connectivity index (χ0) is 20.6. The van der Waals surface area contributed by atoms with Crippen molar-refractivity contribution >= 4 is 23.6 Å². The molecule has 0 fully saturated rings. The fraction of sp³-hybridized carbons (Fsp3) is 0.238. The van der Waals surface area contributed by atoms with Gasteiger partial charge in [-0.3, -0.25) is 4.79 Å². The van der Waals surface area contributed by atoms with Crippen LogP contribution in [0.5, 0.6) is 5.75 Å². The van der Waals surface area contributed by atoms with Crippen LogP contribution >= 0.6 is 11.7 Å². The van der Waals surface area contributed by atoms with E-state index in [1.54, 1.807) is 24.3 Å². The summed E-state index contributed by atoms with van der Waals surface area (Å²) in [7, 11) is 1.30. The molecule has 0 aliphatic heterocycles. The van der Waals surface area contributed by atoms with Crippen molar-refractivity contribution in [1.29, 1.82) is 0 Å². The van der Waals surface area contributed by atoms with Gasteiger partial charge in [-0.1, -0.05) is 36.4 Å². The number of carbonyl (C=O) groups is 2. The highest BCUT2D eigenvalue weighted by Crippen LogP contribution is 2.16. The standard InChI is InChI=1S/C21H21N3O4S/c1-14-19(24-29-23-14)13-28-17-10-6-9-16(12-17)20(25)22-18(21(26)27-2)11-15-7-4-3-5-8-15/h3-10,12,18H,11,13H2,1-2H3,(H,22,25). The van der Waals surface area contributed by atoms with Gasteiger partial charge in [-0.25, -0.2) is 4.79 Å². The average Bonchev–Trinajstić information content (AvgIpc) is 3.16. The molecule has 0 spiro atoms. The molecule has 1 heterocycles. The number of carbonyl (C=O) groups excluding carboxylic acids is 2. The molecule has 1 atom stereocenters. The molecule has 7 nitrogen and oxygen atoms in total. The minimum absolute atomic E-state index is 0.270. The zero-order valence-electron chi connectivity index (χ0n) is 16.1. The van der Waals surface area contributed by atoms with E-state index in [1.165, 1.54) is 7.11 Å². The van der Waals surface area contributed by atoms with Crippen LogP contribution in [0.25, 0.3) is 0 Å². The van der Waals surface area contributed by atoms with Crippen molar-refractivity contribution in [3.8, 4) is 5.75 Å². The predicted octanol–water partition coefficient (Wildman–Crippen LogP) is 2.94. The lowest BCUT2D eigenvalue weighted by molar-refractivity contribution is -0.142. The summed E-state index contributed by atoms with van der Waals surface area (Å²) in [4.78, 5) is 24.9. The minimum atomic E-state index is -0.789. The topological polar surface area (TPSA) is 90.4 Å². The van der Waals surface area contributed by atoms with Gasteiger partial charge in [-0.05, 0) is 30.7 Å². The molecule has 0 aliphatic rings. The van der Waals surface area contributed by atoms with Crippen LogP contribution in [0.1, 0.15) is 27.3 Å². The Bertz CT molecular complexity index is 975. The largest absolute Gasteiger partial charge is 0.487 e. The monoisotopic (exact) mass is 411 g/mol.